The first-order valence-electron chi connectivity index (χ1n) is 5.12. The van der Waals surface area contributed by atoms with E-state index in [9.17, 15) is 0 Å². The number of aliphatic hydroxyl groups excluding tert-OH is 1. The lowest BCUT2D eigenvalue weighted by Crippen LogP contribution is -2.29. The molecule has 0 aromatic heterocycles. The Labute approximate surface area is 82.3 Å². The van der Waals surface area contributed by atoms with Gasteiger partial charge in [-0.3, -0.25) is 0 Å². The lowest BCUT2D eigenvalue weighted by Gasteiger charge is -2.28. The molecule has 0 saturated heterocycles. The molecule has 0 aliphatic rings. The maximum atomic E-state index is 8.62. The SMILES string of the molecule is C=C(C)N(CCCCCO)C(C)C. The quantitative estimate of drug-likeness (QED) is 0.616. The van der Waals surface area contributed by atoms with E-state index in [-0.39, 0.29) is 0 Å². The summed E-state index contributed by atoms with van der Waals surface area (Å²) in [5.41, 5.74) is 1.14. The third-order valence-electron chi connectivity index (χ3n) is 2.17. The molecular weight excluding hydrogens is 162 g/mol. The van der Waals surface area contributed by atoms with E-state index in [1.165, 1.54) is 0 Å². The summed E-state index contributed by atoms with van der Waals surface area (Å²) in [5, 5.41) is 8.62. The summed E-state index contributed by atoms with van der Waals surface area (Å²) < 4.78 is 0. The second-order valence-corrected chi connectivity index (χ2v) is 3.81. The van der Waals surface area contributed by atoms with Crippen molar-refractivity contribution in [1.82, 2.24) is 4.90 Å². The van der Waals surface area contributed by atoms with Crippen molar-refractivity contribution < 1.29 is 5.11 Å². The molecule has 0 aliphatic carbocycles. The highest BCUT2D eigenvalue weighted by molar-refractivity contribution is 4.90. The monoisotopic (exact) mass is 185 g/mol. The second-order valence-electron chi connectivity index (χ2n) is 3.81. The molecule has 2 heteroatoms. The molecule has 0 fully saturated rings. The summed E-state index contributed by atoms with van der Waals surface area (Å²) >= 11 is 0. The van der Waals surface area contributed by atoms with Crippen molar-refractivity contribution in [2.45, 2.75) is 46.1 Å². The Bertz CT molecular complexity index is 143. The average molecular weight is 185 g/mol. The van der Waals surface area contributed by atoms with Crippen LogP contribution in [0.15, 0.2) is 12.3 Å². The van der Waals surface area contributed by atoms with Crippen LogP contribution in [0.1, 0.15) is 40.0 Å². The minimum absolute atomic E-state index is 0.314. The Kier molecular flexibility index (Phi) is 6.69. The fourth-order valence-electron chi connectivity index (χ4n) is 1.46. The lowest BCUT2D eigenvalue weighted by molar-refractivity contribution is 0.259. The number of unbranched alkanes of at least 4 members (excludes halogenated alkanes) is 2. The van der Waals surface area contributed by atoms with E-state index in [1.54, 1.807) is 0 Å². The number of hydrogen-bond donors (Lipinski definition) is 1. The molecule has 1 N–H and O–H groups in total. The minimum atomic E-state index is 0.314. The summed E-state index contributed by atoms with van der Waals surface area (Å²) in [6, 6.07) is 0.534. The molecule has 0 atom stereocenters. The molecule has 0 radical (unpaired) electrons. The van der Waals surface area contributed by atoms with E-state index >= 15 is 0 Å². The smallest absolute Gasteiger partial charge is 0.0431 e. The van der Waals surface area contributed by atoms with Crippen LogP contribution in [-0.2, 0) is 0 Å². The van der Waals surface area contributed by atoms with Crippen molar-refractivity contribution in [1.29, 1.82) is 0 Å². The Morgan fingerprint density at radius 2 is 1.92 bits per heavy atom. The number of hydrogen-bond acceptors (Lipinski definition) is 2. The maximum absolute atomic E-state index is 8.62. The van der Waals surface area contributed by atoms with E-state index in [4.69, 9.17) is 5.11 Å². The zero-order valence-corrected chi connectivity index (χ0v) is 9.21. The molecule has 0 amide bonds. The predicted molar refractivity (Wildman–Crippen MR) is 57.6 cm³/mol. The Hall–Kier alpha value is -0.500. The topological polar surface area (TPSA) is 23.5 Å². The van der Waals surface area contributed by atoms with Crippen molar-refractivity contribution >= 4 is 0 Å². The molecule has 0 rings (SSSR count). The fraction of sp³-hybridized carbons (Fsp3) is 0.818. The Morgan fingerprint density at radius 1 is 1.31 bits per heavy atom. The van der Waals surface area contributed by atoms with E-state index in [0.717, 1.165) is 31.5 Å². The van der Waals surface area contributed by atoms with Gasteiger partial charge >= 0.3 is 0 Å². The van der Waals surface area contributed by atoms with Crippen LogP contribution in [-0.4, -0.2) is 29.2 Å². The standard InChI is InChI=1S/C11H23NO/c1-10(2)12(11(3)4)8-6-5-7-9-13/h11,13H,1,5-9H2,2-4H3. The van der Waals surface area contributed by atoms with Gasteiger partial charge < -0.3 is 10.0 Å². The first-order valence-corrected chi connectivity index (χ1v) is 5.12. The minimum Gasteiger partial charge on any atom is -0.396 e. The van der Waals surface area contributed by atoms with Gasteiger partial charge in [0, 0.05) is 24.9 Å². The maximum Gasteiger partial charge on any atom is 0.0431 e. The second kappa shape index (κ2) is 6.96. The molecule has 0 aromatic rings. The Morgan fingerprint density at radius 3 is 2.31 bits per heavy atom. The molecule has 0 aromatic carbocycles. The third-order valence-corrected chi connectivity index (χ3v) is 2.17. The predicted octanol–water partition coefficient (Wildman–Crippen LogP) is 2.39. The van der Waals surface area contributed by atoms with Gasteiger partial charge in [-0.2, -0.15) is 0 Å². The lowest BCUT2D eigenvalue weighted by atomic mass is 10.2. The highest BCUT2D eigenvalue weighted by Crippen LogP contribution is 2.09. The molecule has 0 aliphatic heterocycles. The van der Waals surface area contributed by atoms with Crippen LogP contribution in [0.3, 0.4) is 0 Å². The van der Waals surface area contributed by atoms with E-state index in [0.29, 0.717) is 12.6 Å². The van der Waals surface area contributed by atoms with E-state index in [1.807, 2.05) is 6.92 Å². The summed E-state index contributed by atoms with van der Waals surface area (Å²) in [6.07, 6.45) is 3.17. The number of allylic oxidation sites excluding steroid dienone is 1. The van der Waals surface area contributed by atoms with Crippen molar-refractivity contribution in [3.05, 3.63) is 12.3 Å². The van der Waals surface area contributed by atoms with Crippen LogP contribution in [0.5, 0.6) is 0 Å². The average Bonchev–Trinajstić information content (AvgIpc) is 2.02. The van der Waals surface area contributed by atoms with Gasteiger partial charge in [-0.25, -0.2) is 0 Å². The van der Waals surface area contributed by atoms with Crippen molar-refractivity contribution in [2.24, 2.45) is 0 Å². The van der Waals surface area contributed by atoms with E-state index in [2.05, 4.69) is 25.3 Å². The van der Waals surface area contributed by atoms with Crippen molar-refractivity contribution in [3.8, 4) is 0 Å². The van der Waals surface area contributed by atoms with Crippen LogP contribution in [0.4, 0.5) is 0 Å². The summed E-state index contributed by atoms with van der Waals surface area (Å²) in [6.45, 7) is 11.7. The zero-order valence-electron chi connectivity index (χ0n) is 9.21. The molecule has 0 spiro atoms. The fourth-order valence-corrected chi connectivity index (χ4v) is 1.46. The molecule has 78 valence electrons. The van der Waals surface area contributed by atoms with Gasteiger partial charge in [0.1, 0.15) is 0 Å². The zero-order chi connectivity index (χ0) is 10.3. The highest BCUT2D eigenvalue weighted by Gasteiger charge is 2.06. The van der Waals surface area contributed by atoms with Crippen LogP contribution in [0, 0.1) is 0 Å². The van der Waals surface area contributed by atoms with Gasteiger partial charge in [0.15, 0.2) is 0 Å². The van der Waals surface area contributed by atoms with E-state index < -0.39 is 0 Å². The number of rotatable bonds is 7. The largest absolute Gasteiger partial charge is 0.396 e. The van der Waals surface area contributed by atoms with Crippen molar-refractivity contribution in [3.63, 3.8) is 0 Å². The summed E-state index contributed by atoms with van der Waals surface area (Å²) in [7, 11) is 0. The van der Waals surface area contributed by atoms with Crippen LogP contribution >= 0.6 is 0 Å². The molecule has 13 heavy (non-hydrogen) atoms. The van der Waals surface area contributed by atoms with Gasteiger partial charge in [-0.05, 0) is 40.0 Å². The number of aliphatic hydroxyl groups is 1. The van der Waals surface area contributed by atoms with Gasteiger partial charge in [-0.15, -0.1) is 0 Å². The van der Waals surface area contributed by atoms with Gasteiger partial charge in [0.25, 0.3) is 0 Å². The first-order chi connectivity index (χ1) is 6.09. The summed E-state index contributed by atoms with van der Waals surface area (Å²) in [4.78, 5) is 2.30. The molecule has 0 saturated carbocycles. The normalized spacial score (nSPS) is 10.5. The number of nitrogens with zero attached hydrogens (tertiary/aromatic N) is 1. The van der Waals surface area contributed by atoms with Gasteiger partial charge in [-0.1, -0.05) is 6.58 Å². The van der Waals surface area contributed by atoms with Crippen LogP contribution in [0.25, 0.3) is 0 Å². The Balaban J connectivity index is 3.64. The highest BCUT2D eigenvalue weighted by atomic mass is 16.2. The first kappa shape index (κ1) is 12.5. The van der Waals surface area contributed by atoms with Crippen LogP contribution < -0.4 is 0 Å². The molecular formula is C11H23NO. The third kappa shape index (κ3) is 5.69. The van der Waals surface area contributed by atoms with Crippen molar-refractivity contribution in [2.75, 3.05) is 13.2 Å². The van der Waals surface area contributed by atoms with Gasteiger partial charge in [0.2, 0.25) is 0 Å². The molecule has 0 bridgehead atoms. The molecule has 0 heterocycles. The molecule has 0 unspecified atom stereocenters. The molecule has 2 nitrogen and oxygen atoms in total. The van der Waals surface area contributed by atoms with Crippen LogP contribution in [0.2, 0.25) is 0 Å². The summed E-state index contributed by atoms with van der Waals surface area (Å²) in [5.74, 6) is 0. The van der Waals surface area contributed by atoms with Gasteiger partial charge in [0.05, 0.1) is 0 Å².